The third kappa shape index (κ3) is 5.42. The molecule has 2 amide bonds. The molecule has 4 aliphatic heterocycles. The lowest BCUT2D eigenvalue weighted by Crippen LogP contribution is -2.56. The predicted octanol–water partition coefficient (Wildman–Crippen LogP) is 6.72. The summed E-state index contributed by atoms with van der Waals surface area (Å²) in [5.41, 5.74) is 2.80. The minimum atomic E-state index is -0.292. The Morgan fingerprint density at radius 3 is 2.25 bits per heavy atom. The third-order valence-electron chi connectivity index (χ3n) is 11.4. The van der Waals surface area contributed by atoms with Gasteiger partial charge in [-0.05, 0) is 68.9 Å². The Morgan fingerprint density at radius 1 is 0.950 bits per heavy atom. The Hall–Kier alpha value is -2.08. The van der Waals surface area contributed by atoms with E-state index in [0.29, 0.717) is 24.0 Å². The number of rotatable bonds is 7. The molecular formula is C34H51N3O3. The van der Waals surface area contributed by atoms with Gasteiger partial charge in [-0.1, -0.05) is 63.6 Å². The van der Waals surface area contributed by atoms with Crippen molar-refractivity contribution in [1.82, 2.24) is 14.7 Å². The molecule has 0 aromatic heterocycles. The average molecular weight is 550 g/mol. The van der Waals surface area contributed by atoms with E-state index in [4.69, 9.17) is 4.74 Å². The average Bonchev–Trinajstić information content (AvgIpc) is 3.39. The van der Waals surface area contributed by atoms with Crippen molar-refractivity contribution in [2.75, 3.05) is 26.2 Å². The number of hydrogen-bond donors (Lipinski definition) is 0. The molecule has 5 aliphatic rings. The second-order valence-corrected chi connectivity index (χ2v) is 13.9. The van der Waals surface area contributed by atoms with Crippen LogP contribution in [0.3, 0.4) is 0 Å². The van der Waals surface area contributed by atoms with Crippen LogP contribution in [-0.2, 0) is 4.74 Å². The predicted molar refractivity (Wildman–Crippen MR) is 158 cm³/mol. The highest BCUT2D eigenvalue weighted by atomic mass is 16.6. The molecule has 40 heavy (non-hydrogen) atoms. The molecule has 4 heterocycles. The molecule has 4 saturated heterocycles. The largest absolute Gasteiger partial charge is 0.441 e. The van der Waals surface area contributed by atoms with Gasteiger partial charge in [0.05, 0.1) is 6.54 Å². The summed E-state index contributed by atoms with van der Waals surface area (Å²) in [4.78, 5) is 33.7. The van der Waals surface area contributed by atoms with Gasteiger partial charge in [0.25, 0.3) is 5.91 Å². The van der Waals surface area contributed by atoms with E-state index in [1.54, 1.807) is 0 Å². The highest BCUT2D eigenvalue weighted by molar-refractivity contribution is 5.97. The number of carbonyl (C=O) groups is 2. The van der Waals surface area contributed by atoms with Crippen LogP contribution in [0.15, 0.2) is 18.2 Å². The molecule has 5 fully saturated rings. The molecule has 2 bridgehead atoms. The lowest BCUT2D eigenvalue weighted by molar-refractivity contribution is -0.0237. The monoisotopic (exact) mass is 549 g/mol. The Morgan fingerprint density at radius 2 is 1.60 bits per heavy atom. The number of ether oxygens (including phenoxy) is 1. The quantitative estimate of drug-likeness (QED) is 0.379. The van der Waals surface area contributed by atoms with Gasteiger partial charge in [0.2, 0.25) is 0 Å². The molecule has 1 aliphatic carbocycles. The molecule has 220 valence electrons. The highest BCUT2D eigenvalue weighted by Crippen LogP contribution is 2.42. The van der Waals surface area contributed by atoms with Crippen molar-refractivity contribution < 1.29 is 14.3 Å². The van der Waals surface area contributed by atoms with Crippen molar-refractivity contribution in [3.05, 3.63) is 34.9 Å². The fourth-order valence-corrected chi connectivity index (χ4v) is 9.10. The molecule has 1 aromatic carbocycles. The lowest BCUT2D eigenvalue weighted by Gasteiger charge is -2.47. The number of amides is 2. The van der Waals surface area contributed by atoms with Crippen LogP contribution in [-0.4, -0.2) is 76.6 Å². The maximum Gasteiger partial charge on any atom is 0.410 e. The molecular weight excluding hydrogens is 498 g/mol. The van der Waals surface area contributed by atoms with Crippen molar-refractivity contribution in [1.29, 1.82) is 0 Å². The van der Waals surface area contributed by atoms with E-state index in [1.807, 2.05) is 6.07 Å². The summed E-state index contributed by atoms with van der Waals surface area (Å²) < 4.78 is 6.18. The number of carbonyl (C=O) groups excluding carboxylic acids is 2. The first-order valence-electron chi connectivity index (χ1n) is 16.5. The molecule has 6 heteroatoms. The van der Waals surface area contributed by atoms with E-state index in [2.05, 4.69) is 47.6 Å². The Bertz CT molecular complexity index is 1050. The van der Waals surface area contributed by atoms with Crippen LogP contribution in [0.25, 0.3) is 0 Å². The number of likely N-dealkylation sites (tertiary alicyclic amines) is 1. The first kappa shape index (κ1) is 28.1. The SMILES string of the molecule is CCCCC1CCCCC1CN1CC2(CCN(C3CC4CCC(C3)N4C(=O)c3c(C)cccc3C)CC2)OC1=O. The maximum absolute atomic E-state index is 13.7. The van der Waals surface area contributed by atoms with E-state index in [9.17, 15) is 9.59 Å². The van der Waals surface area contributed by atoms with Crippen molar-refractivity contribution in [3.8, 4) is 0 Å². The Labute approximate surface area is 241 Å². The van der Waals surface area contributed by atoms with Crippen LogP contribution >= 0.6 is 0 Å². The van der Waals surface area contributed by atoms with E-state index in [1.165, 1.54) is 44.9 Å². The van der Waals surface area contributed by atoms with Gasteiger partial charge in [0.15, 0.2) is 0 Å². The van der Waals surface area contributed by atoms with Crippen LogP contribution in [0.4, 0.5) is 4.79 Å². The molecule has 0 N–H and O–H groups in total. The molecule has 0 radical (unpaired) electrons. The zero-order valence-electron chi connectivity index (χ0n) is 25.2. The second-order valence-electron chi connectivity index (χ2n) is 13.9. The Kier molecular flexibility index (Phi) is 8.18. The summed E-state index contributed by atoms with van der Waals surface area (Å²) in [6, 6.07) is 7.41. The summed E-state index contributed by atoms with van der Waals surface area (Å²) in [5, 5.41) is 0. The maximum atomic E-state index is 13.7. The fourth-order valence-electron chi connectivity index (χ4n) is 9.10. The smallest absolute Gasteiger partial charge is 0.410 e. The molecule has 1 spiro atoms. The van der Waals surface area contributed by atoms with E-state index in [0.717, 1.165) is 87.3 Å². The van der Waals surface area contributed by atoms with E-state index in [-0.39, 0.29) is 17.6 Å². The van der Waals surface area contributed by atoms with Gasteiger partial charge < -0.3 is 14.5 Å². The van der Waals surface area contributed by atoms with Crippen LogP contribution in [0.2, 0.25) is 0 Å². The van der Waals surface area contributed by atoms with Crippen molar-refractivity contribution in [2.24, 2.45) is 11.8 Å². The van der Waals surface area contributed by atoms with Gasteiger partial charge in [-0.15, -0.1) is 0 Å². The summed E-state index contributed by atoms with van der Waals surface area (Å²) >= 11 is 0. The Balaban J connectivity index is 1.04. The number of fused-ring (bicyclic) bond motifs is 2. The molecule has 4 atom stereocenters. The summed E-state index contributed by atoms with van der Waals surface area (Å²) in [7, 11) is 0. The highest BCUT2D eigenvalue weighted by Gasteiger charge is 2.50. The van der Waals surface area contributed by atoms with E-state index < -0.39 is 0 Å². The van der Waals surface area contributed by atoms with E-state index >= 15 is 0 Å². The number of aryl methyl sites for hydroxylation is 2. The molecule has 6 nitrogen and oxygen atoms in total. The van der Waals surface area contributed by atoms with Gasteiger partial charge in [0, 0.05) is 56.2 Å². The van der Waals surface area contributed by atoms with Crippen LogP contribution < -0.4 is 0 Å². The van der Waals surface area contributed by atoms with Gasteiger partial charge in [0.1, 0.15) is 5.60 Å². The topological polar surface area (TPSA) is 53.1 Å². The van der Waals surface area contributed by atoms with Gasteiger partial charge in [-0.3, -0.25) is 9.69 Å². The minimum Gasteiger partial charge on any atom is -0.441 e. The molecule has 1 aromatic rings. The van der Waals surface area contributed by atoms with Crippen LogP contribution in [0.5, 0.6) is 0 Å². The number of piperidine rings is 2. The zero-order chi connectivity index (χ0) is 27.9. The number of unbranched alkanes of at least 4 members (excludes halogenated alkanes) is 1. The lowest BCUT2D eigenvalue weighted by atomic mass is 9.76. The summed E-state index contributed by atoms with van der Waals surface area (Å²) in [6.07, 6.45) is 15.4. The first-order valence-corrected chi connectivity index (χ1v) is 16.5. The summed E-state index contributed by atoms with van der Waals surface area (Å²) in [5.74, 6) is 1.67. The van der Waals surface area contributed by atoms with Crippen molar-refractivity contribution >= 4 is 12.0 Å². The molecule has 6 rings (SSSR count). The normalized spacial score (nSPS) is 32.1. The van der Waals surface area contributed by atoms with Gasteiger partial charge in [-0.25, -0.2) is 4.79 Å². The second kappa shape index (κ2) is 11.7. The zero-order valence-corrected chi connectivity index (χ0v) is 25.2. The molecule has 4 unspecified atom stereocenters. The van der Waals surface area contributed by atoms with Crippen LogP contribution in [0.1, 0.15) is 112 Å². The number of benzene rings is 1. The molecule has 1 saturated carbocycles. The first-order chi connectivity index (χ1) is 19.4. The minimum absolute atomic E-state index is 0.0652. The summed E-state index contributed by atoms with van der Waals surface area (Å²) in [6.45, 7) is 10.1. The number of hydrogen-bond acceptors (Lipinski definition) is 4. The number of nitrogens with zero attached hydrogens (tertiary/aromatic N) is 3. The van der Waals surface area contributed by atoms with Gasteiger partial charge >= 0.3 is 6.09 Å². The van der Waals surface area contributed by atoms with Crippen molar-refractivity contribution in [3.63, 3.8) is 0 Å². The fraction of sp³-hybridized carbons (Fsp3) is 0.765. The standard InChI is InChI=1S/C34H51N3O3/c1-4-5-11-26-12-6-7-13-27(26)22-36-23-34(40-33(36)39)16-18-35(19-17-34)30-20-28-14-15-29(21-30)37(28)32(38)31-24(2)9-8-10-25(31)3/h8-10,26-30H,4-7,11-23H2,1-3H3. The third-order valence-corrected chi connectivity index (χ3v) is 11.4. The van der Waals surface area contributed by atoms with Gasteiger partial charge in [-0.2, -0.15) is 0 Å². The van der Waals surface area contributed by atoms with Crippen molar-refractivity contribution in [2.45, 2.75) is 128 Å². The van der Waals surface area contributed by atoms with Crippen LogP contribution in [0, 0.1) is 25.7 Å².